The highest BCUT2D eigenvalue weighted by Crippen LogP contribution is 2.01. The van der Waals surface area contributed by atoms with E-state index in [0.717, 1.165) is 0 Å². The van der Waals surface area contributed by atoms with Crippen LogP contribution in [-0.4, -0.2) is 44.5 Å². The molecule has 0 spiro atoms. The molecule has 0 amide bonds. The van der Waals surface area contributed by atoms with Gasteiger partial charge in [0.15, 0.2) is 0 Å². The molecule has 0 aliphatic heterocycles. The maximum atomic E-state index is 11.5. The van der Waals surface area contributed by atoms with Crippen molar-refractivity contribution in [1.29, 1.82) is 0 Å². The molecule has 0 aliphatic rings. The van der Waals surface area contributed by atoms with Crippen molar-refractivity contribution < 1.29 is 23.1 Å². The Balaban J connectivity index is 4.19. The summed E-state index contributed by atoms with van der Waals surface area (Å²) < 4.78 is 30.1. The Hall–Kier alpha value is -0.660. The summed E-state index contributed by atoms with van der Waals surface area (Å²) in [6.45, 7) is 5.72. The quantitative estimate of drug-likeness (QED) is 0.637. The average Bonchev–Trinajstić information content (AvgIpc) is 2.12. The fourth-order valence-corrected chi connectivity index (χ4v) is 2.69. The highest BCUT2D eigenvalue weighted by atomic mass is 32.2. The van der Waals surface area contributed by atoms with Crippen LogP contribution in [-0.2, 0) is 19.6 Å². The Labute approximate surface area is 96.0 Å². The van der Waals surface area contributed by atoms with Gasteiger partial charge in [-0.1, -0.05) is 6.92 Å². The number of sulfonamides is 1. The number of rotatable bonds is 8. The van der Waals surface area contributed by atoms with Crippen LogP contribution in [0, 0.1) is 5.92 Å². The molecule has 2 atom stereocenters. The fourth-order valence-electron chi connectivity index (χ4n) is 1.11. The van der Waals surface area contributed by atoms with E-state index in [2.05, 4.69) is 4.72 Å². The highest BCUT2D eigenvalue weighted by molar-refractivity contribution is 7.89. The van der Waals surface area contributed by atoms with Crippen molar-refractivity contribution in [2.24, 2.45) is 5.92 Å². The zero-order valence-corrected chi connectivity index (χ0v) is 10.6. The summed E-state index contributed by atoms with van der Waals surface area (Å²) in [6, 6.07) is -1.11. The first kappa shape index (κ1) is 15.3. The second kappa shape index (κ2) is 6.82. The predicted molar refractivity (Wildman–Crippen MR) is 59.7 cm³/mol. The Morgan fingerprint density at radius 1 is 1.44 bits per heavy atom. The first-order valence-electron chi connectivity index (χ1n) is 5.09. The smallest absolute Gasteiger partial charge is 0.321 e. The van der Waals surface area contributed by atoms with Crippen LogP contribution in [0.25, 0.3) is 0 Å². The minimum atomic E-state index is -3.57. The summed E-state index contributed by atoms with van der Waals surface area (Å²) in [4.78, 5) is 10.5. The van der Waals surface area contributed by atoms with Gasteiger partial charge < -0.3 is 9.84 Å². The number of ether oxygens (including phenoxy) is 1. The zero-order chi connectivity index (χ0) is 12.8. The van der Waals surface area contributed by atoms with Gasteiger partial charge in [0, 0.05) is 6.61 Å². The van der Waals surface area contributed by atoms with E-state index in [1.54, 1.807) is 6.92 Å². The standard InChI is InChI=1S/C9H19NO5S/c1-4-15-5-7(2)6-16(13,14)10-8(3)9(11)12/h7-8,10H,4-6H2,1-3H3,(H,11,12). The third-order valence-corrected chi connectivity index (χ3v) is 3.56. The van der Waals surface area contributed by atoms with Crippen molar-refractivity contribution in [3.05, 3.63) is 0 Å². The fraction of sp³-hybridized carbons (Fsp3) is 0.889. The molecule has 0 aromatic heterocycles. The van der Waals surface area contributed by atoms with Crippen LogP contribution in [0.4, 0.5) is 0 Å². The summed E-state index contributed by atoms with van der Waals surface area (Å²) in [5.41, 5.74) is 0. The lowest BCUT2D eigenvalue weighted by atomic mass is 10.2. The summed E-state index contributed by atoms with van der Waals surface area (Å²) in [5.74, 6) is -1.50. The van der Waals surface area contributed by atoms with E-state index in [1.165, 1.54) is 6.92 Å². The highest BCUT2D eigenvalue weighted by Gasteiger charge is 2.21. The minimum absolute atomic E-state index is 0.134. The molecular weight excluding hydrogens is 234 g/mol. The molecule has 0 saturated carbocycles. The van der Waals surface area contributed by atoms with Crippen molar-refractivity contribution in [1.82, 2.24) is 4.72 Å². The number of hydrogen-bond donors (Lipinski definition) is 2. The Morgan fingerprint density at radius 2 is 2.00 bits per heavy atom. The SMILES string of the molecule is CCOCC(C)CS(=O)(=O)NC(C)C(=O)O. The van der Waals surface area contributed by atoms with E-state index < -0.39 is 22.0 Å². The van der Waals surface area contributed by atoms with Gasteiger partial charge in [0.2, 0.25) is 10.0 Å². The van der Waals surface area contributed by atoms with Gasteiger partial charge >= 0.3 is 5.97 Å². The molecule has 0 aromatic rings. The minimum Gasteiger partial charge on any atom is -0.480 e. The lowest BCUT2D eigenvalue weighted by Crippen LogP contribution is -2.41. The van der Waals surface area contributed by atoms with E-state index >= 15 is 0 Å². The number of carboxylic acids is 1. The van der Waals surface area contributed by atoms with Crippen molar-refractivity contribution in [3.8, 4) is 0 Å². The third-order valence-electron chi connectivity index (χ3n) is 1.84. The molecule has 0 aromatic carbocycles. The third kappa shape index (κ3) is 6.76. The van der Waals surface area contributed by atoms with E-state index in [0.29, 0.717) is 13.2 Å². The summed E-state index contributed by atoms with van der Waals surface area (Å²) in [7, 11) is -3.57. The van der Waals surface area contributed by atoms with E-state index in [9.17, 15) is 13.2 Å². The molecule has 0 aliphatic carbocycles. The van der Waals surface area contributed by atoms with Crippen LogP contribution in [0.1, 0.15) is 20.8 Å². The van der Waals surface area contributed by atoms with Gasteiger partial charge in [-0.3, -0.25) is 4.79 Å². The molecule has 6 nitrogen and oxygen atoms in total. The second-order valence-corrected chi connectivity index (χ2v) is 5.52. The van der Waals surface area contributed by atoms with Gasteiger partial charge in [-0.05, 0) is 19.8 Å². The van der Waals surface area contributed by atoms with Gasteiger partial charge in [0.25, 0.3) is 0 Å². The Morgan fingerprint density at radius 3 is 2.44 bits per heavy atom. The normalized spacial score (nSPS) is 15.7. The molecule has 2 N–H and O–H groups in total. The molecular formula is C9H19NO5S. The molecule has 2 unspecified atom stereocenters. The van der Waals surface area contributed by atoms with Gasteiger partial charge in [-0.15, -0.1) is 0 Å². The molecule has 16 heavy (non-hydrogen) atoms. The van der Waals surface area contributed by atoms with Crippen LogP contribution in [0.15, 0.2) is 0 Å². The molecule has 0 rings (SSSR count). The van der Waals surface area contributed by atoms with Crippen LogP contribution in [0.3, 0.4) is 0 Å². The molecule has 0 fully saturated rings. The van der Waals surface area contributed by atoms with Gasteiger partial charge in [-0.25, -0.2) is 13.1 Å². The first-order chi connectivity index (χ1) is 7.28. The second-order valence-electron chi connectivity index (χ2n) is 3.72. The maximum Gasteiger partial charge on any atom is 0.321 e. The topological polar surface area (TPSA) is 92.7 Å². The van der Waals surface area contributed by atoms with Crippen LogP contribution >= 0.6 is 0 Å². The number of hydrogen-bond acceptors (Lipinski definition) is 4. The average molecular weight is 253 g/mol. The Bertz CT molecular complexity index is 314. The number of carboxylic acid groups (broad SMARTS) is 1. The summed E-state index contributed by atoms with van der Waals surface area (Å²) >= 11 is 0. The van der Waals surface area contributed by atoms with Crippen LogP contribution < -0.4 is 4.72 Å². The van der Waals surface area contributed by atoms with Gasteiger partial charge in [0.05, 0.1) is 12.4 Å². The monoisotopic (exact) mass is 253 g/mol. The number of carbonyl (C=O) groups is 1. The molecule has 0 radical (unpaired) electrons. The van der Waals surface area contributed by atoms with Crippen LogP contribution in [0.5, 0.6) is 0 Å². The van der Waals surface area contributed by atoms with E-state index in [-0.39, 0.29) is 11.7 Å². The number of nitrogens with one attached hydrogen (secondary N) is 1. The zero-order valence-electron chi connectivity index (χ0n) is 9.76. The van der Waals surface area contributed by atoms with Gasteiger partial charge in [0.1, 0.15) is 6.04 Å². The van der Waals surface area contributed by atoms with Crippen LogP contribution in [0.2, 0.25) is 0 Å². The molecule has 7 heteroatoms. The molecule has 0 heterocycles. The van der Waals surface area contributed by atoms with Crippen molar-refractivity contribution >= 4 is 16.0 Å². The van der Waals surface area contributed by atoms with Crippen molar-refractivity contribution in [2.75, 3.05) is 19.0 Å². The molecule has 96 valence electrons. The lowest BCUT2D eigenvalue weighted by Gasteiger charge is -2.14. The molecule has 0 bridgehead atoms. The van der Waals surface area contributed by atoms with Crippen molar-refractivity contribution in [2.45, 2.75) is 26.8 Å². The van der Waals surface area contributed by atoms with Gasteiger partial charge in [-0.2, -0.15) is 0 Å². The summed E-state index contributed by atoms with van der Waals surface area (Å²) in [5, 5.41) is 8.57. The van der Waals surface area contributed by atoms with E-state index in [1.807, 2.05) is 6.92 Å². The van der Waals surface area contributed by atoms with Crippen molar-refractivity contribution in [3.63, 3.8) is 0 Å². The summed E-state index contributed by atoms with van der Waals surface area (Å²) in [6.07, 6.45) is 0. The maximum absolute atomic E-state index is 11.5. The largest absolute Gasteiger partial charge is 0.480 e. The Kier molecular flexibility index (Phi) is 6.54. The number of aliphatic carboxylic acids is 1. The first-order valence-corrected chi connectivity index (χ1v) is 6.74. The lowest BCUT2D eigenvalue weighted by molar-refractivity contribution is -0.138. The van der Waals surface area contributed by atoms with E-state index in [4.69, 9.17) is 9.84 Å². The molecule has 0 saturated heterocycles. The predicted octanol–water partition coefficient (Wildman–Crippen LogP) is 0.0515.